The van der Waals surface area contributed by atoms with E-state index in [4.69, 9.17) is 5.26 Å². The van der Waals surface area contributed by atoms with Crippen molar-refractivity contribution >= 4 is 0 Å². The van der Waals surface area contributed by atoms with Gasteiger partial charge in [-0.2, -0.15) is 18.4 Å². The maximum absolute atomic E-state index is 12.3. The second kappa shape index (κ2) is 8.35. The Labute approximate surface area is 101 Å². The van der Waals surface area contributed by atoms with E-state index < -0.39 is 12.1 Å². The minimum absolute atomic E-state index is 0.303. The predicted octanol–water partition coefficient (Wildman–Crippen LogP) is 3.49. The summed E-state index contributed by atoms with van der Waals surface area (Å²) in [6.07, 6.45) is -0.243. The van der Waals surface area contributed by atoms with Gasteiger partial charge in [-0.25, -0.2) is 0 Å². The molecule has 2 nitrogen and oxygen atoms in total. The Hall–Kier alpha value is -0.760. The molecule has 0 rings (SSSR count). The molecule has 0 radical (unpaired) electrons. The molecule has 0 aromatic carbocycles. The monoisotopic (exact) mass is 250 g/mol. The lowest BCUT2D eigenvalue weighted by Crippen LogP contribution is -2.34. The van der Waals surface area contributed by atoms with Crippen molar-refractivity contribution in [1.29, 1.82) is 5.26 Å². The van der Waals surface area contributed by atoms with Crippen molar-refractivity contribution in [1.82, 2.24) is 5.32 Å². The Morgan fingerprint density at radius 2 is 1.88 bits per heavy atom. The number of nitriles is 1. The van der Waals surface area contributed by atoms with Crippen LogP contribution in [-0.2, 0) is 0 Å². The van der Waals surface area contributed by atoms with Crippen LogP contribution in [0.25, 0.3) is 0 Å². The van der Waals surface area contributed by atoms with Gasteiger partial charge in [0.15, 0.2) is 5.92 Å². The molecular formula is C12H21F3N2. The molecule has 2 unspecified atom stereocenters. The SMILES string of the molecule is CCCCC(CC)CNCC(C#N)C(F)(F)F. The molecule has 0 aromatic rings. The van der Waals surface area contributed by atoms with Gasteiger partial charge in [-0.15, -0.1) is 0 Å². The first kappa shape index (κ1) is 16.2. The molecule has 0 aliphatic rings. The lowest BCUT2D eigenvalue weighted by atomic mass is 9.99. The van der Waals surface area contributed by atoms with Crippen LogP contribution in [0.5, 0.6) is 0 Å². The van der Waals surface area contributed by atoms with Gasteiger partial charge >= 0.3 is 6.18 Å². The minimum atomic E-state index is -4.42. The summed E-state index contributed by atoms with van der Waals surface area (Å²) in [5, 5.41) is 11.2. The van der Waals surface area contributed by atoms with Gasteiger partial charge < -0.3 is 5.32 Å². The van der Waals surface area contributed by atoms with E-state index >= 15 is 0 Å². The van der Waals surface area contributed by atoms with Gasteiger partial charge in [0.2, 0.25) is 0 Å². The fourth-order valence-electron chi connectivity index (χ4n) is 1.61. The van der Waals surface area contributed by atoms with Crippen LogP contribution in [0.15, 0.2) is 0 Å². The third kappa shape index (κ3) is 7.22. The Morgan fingerprint density at radius 3 is 2.29 bits per heavy atom. The molecule has 0 saturated carbocycles. The van der Waals surface area contributed by atoms with Gasteiger partial charge in [-0.3, -0.25) is 0 Å². The smallest absolute Gasteiger partial charge is 0.315 e. The third-order valence-corrected chi connectivity index (χ3v) is 2.88. The number of alkyl halides is 3. The summed E-state index contributed by atoms with van der Waals surface area (Å²) in [7, 11) is 0. The van der Waals surface area contributed by atoms with E-state index in [0.717, 1.165) is 25.7 Å². The van der Waals surface area contributed by atoms with E-state index in [1.807, 2.05) is 6.92 Å². The van der Waals surface area contributed by atoms with Crippen LogP contribution in [0.3, 0.4) is 0 Å². The second-order valence-electron chi connectivity index (χ2n) is 4.30. The van der Waals surface area contributed by atoms with Crippen molar-refractivity contribution in [2.24, 2.45) is 11.8 Å². The first-order chi connectivity index (χ1) is 7.95. The molecular weight excluding hydrogens is 229 g/mol. The van der Waals surface area contributed by atoms with E-state index in [2.05, 4.69) is 12.2 Å². The van der Waals surface area contributed by atoms with E-state index in [0.29, 0.717) is 12.5 Å². The van der Waals surface area contributed by atoms with Crippen LogP contribution in [0.4, 0.5) is 13.2 Å². The van der Waals surface area contributed by atoms with Crippen LogP contribution in [0, 0.1) is 23.2 Å². The normalized spacial score (nSPS) is 15.3. The van der Waals surface area contributed by atoms with E-state index in [1.54, 1.807) is 0 Å². The Bertz CT molecular complexity index is 233. The van der Waals surface area contributed by atoms with E-state index in [-0.39, 0.29) is 6.54 Å². The quantitative estimate of drug-likeness (QED) is 0.715. The van der Waals surface area contributed by atoms with Crippen LogP contribution in [0.1, 0.15) is 39.5 Å². The number of rotatable bonds is 8. The van der Waals surface area contributed by atoms with E-state index in [1.165, 1.54) is 6.07 Å². The molecule has 2 atom stereocenters. The van der Waals surface area contributed by atoms with Crippen molar-refractivity contribution in [2.75, 3.05) is 13.1 Å². The van der Waals surface area contributed by atoms with Gasteiger partial charge in [-0.1, -0.05) is 33.1 Å². The highest BCUT2D eigenvalue weighted by atomic mass is 19.4. The first-order valence-corrected chi connectivity index (χ1v) is 6.12. The van der Waals surface area contributed by atoms with Crippen LogP contribution >= 0.6 is 0 Å². The summed E-state index contributed by atoms with van der Waals surface area (Å²) in [6, 6.07) is 1.29. The summed E-state index contributed by atoms with van der Waals surface area (Å²) in [4.78, 5) is 0. The summed E-state index contributed by atoms with van der Waals surface area (Å²) in [5.74, 6) is -1.49. The summed E-state index contributed by atoms with van der Waals surface area (Å²) in [5.41, 5.74) is 0. The van der Waals surface area contributed by atoms with Crippen molar-refractivity contribution in [3.63, 3.8) is 0 Å². The average Bonchev–Trinajstić information content (AvgIpc) is 2.26. The van der Waals surface area contributed by atoms with Crippen LogP contribution < -0.4 is 5.32 Å². The van der Waals surface area contributed by atoms with Crippen LogP contribution in [-0.4, -0.2) is 19.3 Å². The number of nitrogens with zero attached hydrogens (tertiary/aromatic N) is 1. The average molecular weight is 250 g/mol. The van der Waals surface area contributed by atoms with Crippen molar-refractivity contribution in [3.8, 4) is 6.07 Å². The maximum atomic E-state index is 12.3. The predicted molar refractivity (Wildman–Crippen MR) is 61.3 cm³/mol. The molecule has 0 aliphatic heterocycles. The van der Waals surface area contributed by atoms with Gasteiger partial charge in [0.1, 0.15) is 0 Å². The van der Waals surface area contributed by atoms with Crippen LogP contribution in [0.2, 0.25) is 0 Å². The Morgan fingerprint density at radius 1 is 1.24 bits per heavy atom. The zero-order valence-electron chi connectivity index (χ0n) is 10.5. The summed E-state index contributed by atoms with van der Waals surface area (Å²) >= 11 is 0. The Balaban J connectivity index is 3.91. The van der Waals surface area contributed by atoms with Gasteiger partial charge in [-0.05, 0) is 18.9 Å². The molecule has 100 valence electrons. The van der Waals surface area contributed by atoms with Crippen molar-refractivity contribution in [2.45, 2.75) is 45.7 Å². The fraction of sp³-hybridized carbons (Fsp3) is 0.917. The molecule has 1 N–H and O–H groups in total. The lowest BCUT2D eigenvalue weighted by molar-refractivity contribution is -0.157. The van der Waals surface area contributed by atoms with Gasteiger partial charge in [0, 0.05) is 6.54 Å². The lowest BCUT2D eigenvalue weighted by Gasteiger charge is -2.18. The second-order valence-corrected chi connectivity index (χ2v) is 4.30. The molecule has 0 spiro atoms. The number of hydrogen-bond acceptors (Lipinski definition) is 2. The molecule has 0 aliphatic carbocycles. The molecule has 0 aromatic heterocycles. The maximum Gasteiger partial charge on any atom is 0.405 e. The third-order valence-electron chi connectivity index (χ3n) is 2.88. The molecule has 0 saturated heterocycles. The zero-order chi connectivity index (χ0) is 13.3. The highest BCUT2D eigenvalue weighted by Gasteiger charge is 2.39. The first-order valence-electron chi connectivity index (χ1n) is 6.12. The van der Waals surface area contributed by atoms with Crippen molar-refractivity contribution < 1.29 is 13.2 Å². The number of nitrogens with one attached hydrogen (secondary N) is 1. The number of unbranched alkanes of at least 4 members (excludes halogenated alkanes) is 1. The molecule has 0 heterocycles. The zero-order valence-corrected chi connectivity index (χ0v) is 10.5. The highest BCUT2D eigenvalue weighted by Crippen LogP contribution is 2.25. The molecule has 0 fully saturated rings. The topological polar surface area (TPSA) is 35.8 Å². The fourth-order valence-corrected chi connectivity index (χ4v) is 1.61. The summed E-state index contributed by atoms with van der Waals surface area (Å²) < 4.78 is 36.8. The highest BCUT2D eigenvalue weighted by molar-refractivity contribution is 4.89. The van der Waals surface area contributed by atoms with Gasteiger partial charge in [0.05, 0.1) is 6.07 Å². The standard InChI is InChI=1S/C12H21F3N2/c1-3-5-6-10(4-2)8-17-9-11(7-16)12(13,14)15/h10-11,17H,3-6,8-9H2,1-2H3. The summed E-state index contributed by atoms with van der Waals surface area (Å²) in [6.45, 7) is 4.39. The van der Waals surface area contributed by atoms with E-state index in [9.17, 15) is 13.2 Å². The Kier molecular flexibility index (Phi) is 7.98. The molecule has 5 heteroatoms. The number of hydrogen-bond donors (Lipinski definition) is 1. The molecule has 17 heavy (non-hydrogen) atoms. The largest absolute Gasteiger partial charge is 0.405 e. The minimum Gasteiger partial charge on any atom is -0.315 e. The number of halogens is 3. The van der Waals surface area contributed by atoms with Crippen molar-refractivity contribution in [3.05, 3.63) is 0 Å². The molecule has 0 amide bonds. The molecule has 0 bridgehead atoms. The van der Waals surface area contributed by atoms with Gasteiger partial charge in [0.25, 0.3) is 0 Å².